The Kier molecular flexibility index (Phi) is 7.57. The smallest absolute Gasteiger partial charge is 0.295 e. The minimum absolute atomic E-state index is 0.105. The summed E-state index contributed by atoms with van der Waals surface area (Å²) in [5, 5.41) is 11.7. The summed E-state index contributed by atoms with van der Waals surface area (Å²) in [6.07, 6.45) is 0. The lowest BCUT2D eigenvalue weighted by molar-refractivity contribution is -0.140. The maximum Gasteiger partial charge on any atom is 0.295 e. The molecular weight excluding hydrogens is 480 g/mol. The average Bonchev–Trinajstić information content (AvgIpc) is 3.01. The molecule has 3 rings (SSSR count). The number of aliphatic hydroxyl groups is 1. The van der Waals surface area contributed by atoms with Gasteiger partial charge in [-0.2, -0.15) is 0 Å². The summed E-state index contributed by atoms with van der Waals surface area (Å²) < 4.78 is 0.901. The predicted octanol–water partition coefficient (Wildman–Crippen LogP) is 5.17. The number of ketones is 1. The summed E-state index contributed by atoms with van der Waals surface area (Å²) in [6, 6.07) is 11.7. The molecule has 1 aliphatic rings. The number of nitrogens with zero attached hydrogens (tertiary/aromatic N) is 2. The molecule has 1 aliphatic heterocycles. The van der Waals surface area contributed by atoms with E-state index in [1.165, 1.54) is 0 Å². The standard InChI is InChI=1S/C24H26BrClN2O3/c1-4-27(5-2)12-13-28-21(16-6-9-18(26)10-7-16)20(23(30)24(28)31)22(29)17-8-11-19(25)15(3)14-17/h6-11,14,21,29H,4-5,12-13H2,1-3H3/b22-20-. The van der Waals surface area contributed by atoms with Crippen molar-refractivity contribution in [2.24, 2.45) is 0 Å². The van der Waals surface area contributed by atoms with Crippen molar-refractivity contribution in [3.05, 3.63) is 74.2 Å². The van der Waals surface area contributed by atoms with Crippen LogP contribution in [0.2, 0.25) is 5.02 Å². The van der Waals surface area contributed by atoms with Gasteiger partial charge in [-0.3, -0.25) is 9.59 Å². The third-order valence-corrected chi connectivity index (χ3v) is 6.85. The number of amides is 1. The number of likely N-dealkylation sites (N-methyl/N-ethyl adjacent to an activating group) is 1. The van der Waals surface area contributed by atoms with Gasteiger partial charge >= 0.3 is 0 Å². The van der Waals surface area contributed by atoms with Crippen LogP contribution in [-0.2, 0) is 9.59 Å². The minimum atomic E-state index is -0.670. The number of aliphatic hydroxyl groups excluding tert-OH is 1. The molecule has 1 atom stereocenters. The quantitative estimate of drug-likeness (QED) is 0.320. The highest BCUT2D eigenvalue weighted by Gasteiger charge is 2.45. The summed E-state index contributed by atoms with van der Waals surface area (Å²) >= 11 is 9.51. The van der Waals surface area contributed by atoms with Crippen LogP contribution < -0.4 is 0 Å². The van der Waals surface area contributed by atoms with Crippen LogP contribution in [0.5, 0.6) is 0 Å². The van der Waals surface area contributed by atoms with E-state index in [0.29, 0.717) is 23.7 Å². The second-order valence-electron chi connectivity index (χ2n) is 7.53. The maximum absolute atomic E-state index is 13.1. The van der Waals surface area contributed by atoms with Gasteiger partial charge in [0.15, 0.2) is 0 Å². The number of aryl methyl sites for hydroxylation is 1. The molecule has 31 heavy (non-hydrogen) atoms. The number of likely N-dealkylation sites (tertiary alicyclic amines) is 1. The Morgan fingerprint density at radius 2 is 1.77 bits per heavy atom. The number of benzene rings is 2. The molecule has 1 saturated heterocycles. The van der Waals surface area contributed by atoms with E-state index in [2.05, 4.69) is 34.7 Å². The van der Waals surface area contributed by atoms with Crippen LogP contribution in [0.1, 0.15) is 36.6 Å². The van der Waals surface area contributed by atoms with Gasteiger partial charge in [-0.15, -0.1) is 0 Å². The molecule has 0 saturated carbocycles. The highest BCUT2D eigenvalue weighted by Crippen LogP contribution is 2.39. The van der Waals surface area contributed by atoms with E-state index in [-0.39, 0.29) is 11.3 Å². The molecule has 0 spiro atoms. The van der Waals surface area contributed by atoms with E-state index in [9.17, 15) is 14.7 Å². The van der Waals surface area contributed by atoms with Crippen LogP contribution in [0.4, 0.5) is 0 Å². The normalized spacial score (nSPS) is 18.3. The molecule has 2 aromatic rings. The third kappa shape index (κ3) is 4.86. The Bertz CT molecular complexity index is 1020. The summed E-state index contributed by atoms with van der Waals surface area (Å²) in [7, 11) is 0. The first-order valence-corrected chi connectivity index (χ1v) is 11.5. The van der Waals surface area contributed by atoms with Crippen LogP contribution in [-0.4, -0.2) is 52.8 Å². The second kappa shape index (κ2) is 9.98. The fourth-order valence-electron chi connectivity index (χ4n) is 3.84. The van der Waals surface area contributed by atoms with E-state index < -0.39 is 17.7 Å². The molecule has 1 heterocycles. The Morgan fingerprint density at radius 3 is 2.35 bits per heavy atom. The van der Waals surface area contributed by atoms with Gasteiger partial charge in [0.2, 0.25) is 0 Å². The lowest BCUT2D eigenvalue weighted by atomic mass is 9.95. The van der Waals surface area contributed by atoms with Crippen LogP contribution in [0.25, 0.3) is 5.76 Å². The van der Waals surface area contributed by atoms with E-state index in [1.54, 1.807) is 41.3 Å². The fraction of sp³-hybridized carbons (Fsp3) is 0.333. The minimum Gasteiger partial charge on any atom is -0.507 e. The molecule has 2 aromatic carbocycles. The first-order chi connectivity index (χ1) is 14.8. The number of hydrogen-bond acceptors (Lipinski definition) is 4. The lowest BCUT2D eigenvalue weighted by Gasteiger charge is -2.28. The number of halogens is 2. The summed E-state index contributed by atoms with van der Waals surface area (Å²) in [6.45, 7) is 8.75. The highest BCUT2D eigenvalue weighted by molar-refractivity contribution is 9.10. The fourth-order valence-corrected chi connectivity index (χ4v) is 4.21. The molecular formula is C24H26BrClN2O3. The average molecular weight is 506 g/mol. The number of hydrogen-bond donors (Lipinski definition) is 1. The zero-order valence-electron chi connectivity index (χ0n) is 17.9. The first-order valence-electron chi connectivity index (χ1n) is 10.3. The zero-order chi connectivity index (χ0) is 22.7. The first kappa shape index (κ1) is 23.5. The molecule has 1 N–H and O–H groups in total. The Hall–Kier alpha value is -2.15. The van der Waals surface area contributed by atoms with Crippen LogP contribution in [0.15, 0.2) is 52.5 Å². The van der Waals surface area contributed by atoms with Gasteiger partial charge < -0.3 is 14.9 Å². The highest BCUT2D eigenvalue weighted by atomic mass is 79.9. The molecule has 0 radical (unpaired) electrons. The maximum atomic E-state index is 13.1. The van der Waals surface area contributed by atoms with Crippen molar-refractivity contribution in [2.45, 2.75) is 26.8 Å². The van der Waals surface area contributed by atoms with Crippen LogP contribution >= 0.6 is 27.5 Å². The molecule has 1 unspecified atom stereocenters. The van der Waals surface area contributed by atoms with Crippen molar-refractivity contribution in [1.82, 2.24) is 9.80 Å². The molecule has 7 heteroatoms. The Morgan fingerprint density at radius 1 is 1.13 bits per heavy atom. The monoisotopic (exact) mass is 504 g/mol. The van der Waals surface area contributed by atoms with Gasteiger partial charge in [0.1, 0.15) is 5.76 Å². The van der Waals surface area contributed by atoms with Gasteiger partial charge in [-0.1, -0.05) is 59.6 Å². The van der Waals surface area contributed by atoms with Gasteiger partial charge in [-0.25, -0.2) is 0 Å². The molecule has 1 fully saturated rings. The Labute approximate surface area is 196 Å². The molecule has 5 nitrogen and oxygen atoms in total. The van der Waals surface area contributed by atoms with E-state index in [4.69, 9.17) is 11.6 Å². The largest absolute Gasteiger partial charge is 0.507 e. The predicted molar refractivity (Wildman–Crippen MR) is 127 cm³/mol. The van der Waals surface area contributed by atoms with Crippen molar-refractivity contribution < 1.29 is 14.7 Å². The molecule has 164 valence electrons. The molecule has 0 aromatic heterocycles. The Balaban J connectivity index is 2.11. The van der Waals surface area contributed by atoms with Gasteiger partial charge in [-0.05, 0) is 55.4 Å². The number of Topliss-reactive ketones (excluding diaryl/α,β-unsaturated/α-hetero) is 1. The second-order valence-corrected chi connectivity index (χ2v) is 8.83. The lowest BCUT2D eigenvalue weighted by Crippen LogP contribution is -2.38. The van der Waals surface area contributed by atoms with Crippen LogP contribution in [0.3, 0.4) is 0 Å². The van der Waals surface area contributed by atoms with Crippen molar-refractivity contribution in [1.29, 1.82) is 0 Å². The molecule has 0 aliphatic carbocycles. The number of rotatable bonds is 7. The van der Waals surface area contributed by atoms with Crippen molar-refractivity contribution in [3.8, 4) is 0 Å². The summed E-state index contributed by atoms with van der Waals surface area (Å²) in [5.74, 6) is -1.43. The van der Waals surface area contributed by atoms with Crippen LogP contribution in [0, 0.1) is 6.92 Å². The van der Waals surface area contributed by atoms with E-state index in [0.717, 1.165) is 28.7 Å². The number of carbonyl (C=O) groups is 2. The summed E-state index contributed by atoms with van der Waals surface area (Å²) in [4.78, 5) is 29.8. The van der Waals surface area contributed by atoms with Crippen molar-refractivity contribution >= 4 is 45.0 Å². The van der Waals surface area contributed by atoms with E-state index >= 15 is 0 Å². The summed E-state index contributed by atoms with van der Waals surface area (Å²) in [5.41, 5.74) is 2.26. The molecule has 1 amide bonds. The molecule has 0 bridgehead atoms. The van der Waals surface area contributed by atoms with Crippen molar-refractivity contribution in [3.63, 3.8) is 0 Å². The van der Waals surface area contributed by atoms with Gasteiger partial charge in [0.05, 0.1) is 11.6 Å². The van der Waals surface area contributed by atoms with Gasteiger partial charge in [0, 0.05) is 28.1 Å². The number of carbonyl (C=O) groups excluding carboxylic acids is 2. The SMILES string of the molecule is CCN(CC)CCN1C(=O)C(=O)/C(=C(\O)c2ccc(Br)c(C)c2)C1c1ccc(Cl)cc1. The topological polar surface area (TPSA) is 60.9 Å². The zero-order valence-corrected chi connectivity index (χ0v) is 20.2. The van der Waals surface area contributed by atoms with Crippen molar-refractivity contribution in [2.75, 3.05) is 26.2 Å². The van der Waals surface area contributed by atoms with E-state index in [1.807, 2.05) is 13.0 Å². The van der Waals surface area contributed by atoms with Gasteiger partial charge in [0.25, 0.3) is 11.7 Å². The third-order valence-electron chi connectivity index (χ3n) is 5.71.